The highest BCUT2D eigenvalue weighted by atomic mass is 19.4. The number of allylic oxidation sites excluding steroid dienone is 4. The Balaban J connectivity index is 1.45. The Hall–Kier alpha value is -4.08. The molecule has 4 nitrogen and oxygen atoms in total. The van der Waals surface area contributed by atoms with E-state index in [2.05, 4.69) is 0 Å². The summed E-state index contributed by atoms with van der Waals surface area (Å²) in [6, 6.07) is 9.33. The lowest BCUT2D eigenvalue weighted by Crippen LogP contribution is -2.36. The van der Waals surface area contributed by atoms with Gasteiger partial charge in [0, 0.05) is 38.3 Å². The topological polar surface area (TPSA) is 40.6 Å². The number of nitrogens with zero attached hydrogens (tertiary/aromatic N) is 2. The molecule has 1 saturated heterocycles. The fourth-order valence-electron chi connectivity index (χ4n) is 3.74. The minimum absolute atomic E-state index is 0.239. The standard InChI is InChI=1S/C29H26F6N2O2/c30-28(31,32)24-14-10-22(11-15-24)6-1-3-8-26(38)36-18-5-19-37(21-20-36)27(39)9-4-2-7-23-12-16-25(17-13-23)29(33,34)35/h1-4,6-17H,5,18-21H2. The summed E-state index contributed by atoms with van der Waals surface area (Å²) in [6.07, 6.45) is 3.86. The molecule has 1 heterocycles. The normalized spacial score (nSPS) is 15.6. The molecule has 2 aromatic rings. The molecule has 10 heteroatoms. The smallest absolute Gasteiger partial charge is 0.337 e. The van der Waals surface area contributed by atoms with Crippen LogP contribution in [0.3, 0.4) is 0 Å². The van der Waals surface area contributed by atoms with Crippen LogP contribution >= 0.6 is 0 Å². The minimum Gasteiger partial charge on any atom is -0.337 e. The summed E-state index contributed by atoms with van der Waals surface area (Å²) in [5.74, 6) is -0.479. The van der Waals surface area contributed by atoms with E-state index >= 15 is 0 Å². The summed E-state index contributed by atoms with van der Waals surface area (Å²) in [4.78, 5) is 28.2. The van der Waals surface area contributed by atoms with Crippen LogP contribution in [0.15, 0.2) is 85.0 Å². The number of alkyl halides is 6. The van der Waals surface area contributed by atoms with E-state index in [-0.39, 0.29) is 11.8 Å². The van der Waals surface area contributed by atoms with Crippen LogP contribution in [-0.4, -0.2) is 47.8 Å². The van der Waals surface area contributed by atoms with Gasteiger partial charge in [-0.05, 0) is 41.8 Å². The quantitative estimate of drug-likeness (QED) is 0.231. The van der Waals surface area contributed by atoms with Crippen molar-refractivity contribution >= 4 is 24.0 Å². The van der Waals surface area contributed by atoms with E-state index in [1.165, 1.54) is 48.6 Å². The number of amides is 2. The molecular weight excluding hydrogens is 522 g/mol. The Labute approximate surface area is 222 Å². The first-order valence-electron chi connectivity index (χ1n) is 12.1. The lowest BCUT2D eigenvalue weighted by atomic mass is 10.1. The zero-order valence-electron chi connectivity index (χ0n) is 20.8. The van der Waals surface area contributed by atoms with Crippen LogP contribution < -0.4 is 0 Å². The minimum atomic E-state index is -4.40. The maximum atomic E-state index is 12.6. The SMILES string of the molecule is O=C(C=CC=Cc1ccc(C(F)(F)F)cc1)N1CCCN(C(=O)C=CC=Cc2ccc(C(F)(F)F)cc2)CC1. The summed E-state index contributed by atoms with van der Waals surface area (Å²) < 4.78 is 75.8. The number of rotatable bonds is 6. The first-order valence-corrected chi connectivity index (χ1v) is 12.1. The van der Waals surface area contributed by atoms with Crippen molar-refractivity contribution in [1.29, 1.82) is 0 Å². The summed E-state index contributed by atoms with van der Waals surface area (Å²) in [6.45, 7) is 1.61. The zero-order valence-corrected chi connectivity index (χ0v) is 20.8. The van der Waals surface area contributed by atoms with Gasteiger partial charge in [-0.25, -0.2) is 0 Å². The summed E-state index contributed by atoms with van der Waals surface area (Å²) in [5.41, 5.74) is -0.342. The van der Waals surface area contributed by atoms with Crippen molar-refractivity contribution in [3.05, 3.63) is 107 Å². The number of benzene rings is 2. The van der Waals surface area contributed by atoms with Crippen molar-refractivity contribution in [3.8, 4) is 0 Å². The van der Waals surface area contributed by atoms with E-state index in [0.29, 0.717) is 43.7 Å². The molecule has 0 aromatic heterocycles. The van der Waals surface area contributed by atoms with Gasteiger partial charge in [0.05, 0.1) is 11.1 Å². The third-order valence-corrected chi connectivity index (χ3v) is 5.87. The van der Waals surface area contributed by atoms with Crippen LogP contribution in [0.2, 0.25) is 0 Å². The average molecular weight is 549 g/mol. The van der Waals surface area contributed by atoms with E-state index in [1.54, 1.807) is 34.1 Å². The number of carbonyl (C=O) groups excluding carboxylic acids is 2. The monoisotopic (exact) mass is 548 g/mol. The predicted octanol–water partition coefficient (Wildman–Crippen LogP) is 6.62. The molecule has 0 bridgehead atoms. The van der Waals surface area contributed by atoms with Crippen molar-refractivity contribution in [3.63, 3.8) is 0 Å². The molecule has 206 valence electrons. The third kappa shape index (κ3) is 9.31. The van der Waals surface area contributed by atoms with Gasteiger partial charge in [0.25, 0.3) is 0 Å². The highest BCUT2D eigenvalue weighted by Gasteiger charge is 2.30. The average Bonchev–Trinajstić information content (AvgIpc) is 3.15. The largest absolute Gasteiger partial charge is 0.416 e. The van der Waals surface area contributed by atoms with Crippen LogP contribution in [0.5, 0.6) is 0 Å². The molecule has 2 aromatic carbocycles. The lowest BCUT2D eigenvalue weighted by Gasteiger charge is -2.20. The first-order chi connectivity index (χ1) is 18.4. The predicted molar refractivity (Wildman–Crippen MR) is 137 cm³/mol. The van der Waals surface area contributed by atoms with Gasteiger partial charge < -0.3 is 9.80 Å². The van der Waals surface area contributed by atoms with Gasteiger partial charge in [0.15, 0.2) is 0 Å². The molecule has 0 radical (unpaired) electrons. The molecule has 0 spiro atoms. The van der Waals surface area contributed by atoms with Crippen molar-refractivity contribution in [2.75, 3.05) is 26.2 Å². The zero-order chi connectivity index (χ0) is 28.5. The highest BCUT2D eigenvalue weighted by Crippen LogP contribution is 2.30. The van der Waals surface area contributed by atoms with Gasteiger partial charge in [-0.2, -0.15) is 26.3 Å². The van der Waals surface area contributed by atoms with Crippen molar-refractivity contribution < 1.29 is 35.9 Å². The Morgan fingerprint density at radius 1 is 0.564 bits per heavy atom. The molecule has 3 rings (SSSR count). The molecule has 0 aliphatic carbocycles. The second kappa shape index (κ2) is 13.1. The molecular formula is C29H26F6N2O2. The second-order valence-electron chi connectivity index (χ2n) is 8.68. The van der Waals surface area contributed by atoms with Crippen molar-refractivity contribution in [2.45, 2.75) is 18.8 Å². The van der Waals surface area contributed by atoms with Crippen LogP contribution in [0.25, 0.3) is 12.2 Å². The van der Waals surface area contributed by atoms with Gasteiger partial charge in [0.1, 0.15) is 0 Å². The van der Waals surface area contributed by atoms with E-state index in [9.17, 15) is 35.9 Å². The fraction of sp³-hybridized carbons (Fsp3) is 0.241. The Morgan fingerprint density at radius 2 is 0.923 bits per heavy atom. The molecule has 39 heavy (non-hydrogen) atoms. The van der Waals surface area contributed by atoms with Crippen LogP contribution in [-0.2, 0) is 21.9 Å². The molecule has 2 amide bonds. The molecule has 0 atom stereocenters. The van der Waals surface area contributed by atoms with Crippen LogP contribution in [0, 0.1) is 0 Å². The first kappa shape index (κ1) is 29.5. The Bertz CT molecular complexity index is 1140. The summed E-state index contributed by atoms with van der Waals surface area (Å²) in [5, 5.41) is 0. The highest BCUT2D eigenvalue weighted by molar-refractivity contribution is 5.89. The second-order valence-corrected chi connectivity index (χ2v) is 8.68. The summed E-state index contributed by atoms with van der Waals surface area (Å²) >= 11 is 0. The van der Waals surface area contributed by atoms with E-state index < -0.39 is 23.5 Å². The molecule has 1 aliphatic heterocycles. The molecule has 0 N–H and O–H groups in total. The number of carbonyl (C=O) groups is 2. The number of hydrogen-bond acceptors (Lipinski definition) is 2. The number of halogens is 6. The fourth-order valence-corrected chi connectivity index (χ4v) is 3.74. The molecule has 0 saturated carbocycles. The van der Waals surface area contributed by atoms with E-state index in [4.69, 9.17) is 0 Å². The van der Waals surface area contributed by atoms with Crippen molar-refractivity contribution in [1.82, 2.24) is 9.80 Å². The van der Waals surface area contributed by atoms with Crippen LogP contribution in [0.4, 0.5) is 26.3 Å². The Morgan fingerprint density at radius 3 is 1.26 bits per heavy atom. The third-order valence-electron chi connectivity index (χ3n) is 5.87. The van der Waals surface area contributed by atoms with Gasteiger partial charge in [-0.15, -0.1) is 0 Å². The van der Waals surface area contributed by atoms with Gasteiger partial charge in [-0.3, -0.25) is 9.59 Å². The molecule has 0 unspecified atom stereocenters. The van der Waals surface area contributed by atoms with Crippen LogP contribution in [0.1, 0.15) is 28.7 Å². The molecule has 1 aliphatic rings. The van der Waals surface area contributed by atoms with E-state index in [0.717, 1.165) is 24.3 Å². The Kier molecular flexibility index (Phi) is 9.92. The van der Waals surface area contributed by atoms with Gasteiger partial charge >= 0.3 is 12.4 Å². The maximum Gasteiger partial charge on any atom is 0.416 e. The number of hydrogen-bond donors (Lipinski definition) is 0. The van der Waals surface area contributed by atoms with Gasteiger partial charge in [0.2, 0.25) is 11.8 Å². The molecule has 1 fully saturated rings. The maximum absolute atomic E-state index is 12.6. The lowest BCUT2D eigenvalue weighted by molar-refractivity contribution is -0.138. The van der Waals surface area contributed by atoms with E-state index in [1.807, 2.05) is 0 Å². The van der Waals surface area contributed by atoms with Gasteiger partial charge in [-0.1, -0.05) is 60.7 Å². The summed E-state index contributed by atoms with van der Waals surface area (Å²) in [7, 11) is 0. The van der Waals surface area contributed by atoms with Crippen molar-refractivity contribution in [2.24, 2.45) is 0 Å².